The molecule has 0 spiro atoms. The van der Waals surface area contributed by atoms with Crippen LogP contribution in [0.4, 0.5) is 0 Å². The van der Waals surface area contributed by atoms with Gasteiger partial charge in [0.15, 0.2) is 11.7 Å². The van der Waals surface area contributed by atoms with Crippen molar-refractivity contribution in [3.05, 3.63) is 12.2 Å². The van der Waals surface area contributed by atoms with Crippen molar-refractivity contribution in [3.63, 3.8) is 0 Å². The number of guanidine groups is 1. The Morgan fingerprint density at radius 3 is 1.55 bits per heavy atom. The van der Waals surface area contributed by atoms with Gasteiger partial charge < -0.3 is 32.7 Å². The Bertz CT molecular complexity index is 930. The van der Waals surface area contributed by atoms with E-state index in [1.807, 2.05) is 0 Å². The third-order valence-electron chi connectivity index (χ3n) is 10.1. The molecule has 2 amide bonds. The molecule has 0 saturated carbocycles. The molecular formula is C43H85N7O3. The molecule has 10 heteroatoms. The summed E-state index contributed by atoms with van der Waals surface area (Å²) in [6.07, 6.45) is 38.0. The number of ketones is 1. The molecule has 310 valence electrons. The summed E-state index contributed by atoms with van der Waals surface area (Å²) in [5.41, 5.74) is 17.6. The monoisotopic (exact) mass is 748 g/mol. The molecule has 53 heavy (non-hydrogen) atoms. The van der Waals surface area contributed by atoms with E-state index in [0.717, 1.165) is 51.4 Å². The van der Waals surface area contributed by atoms with Crippen molar-refractivity contribution in [2.24, 2.45) is 17.2 Å². The zero-order valence-electron chi connectivity index (χ0n) is 34.5. The Labute approximate surface area is 325 Å². The van der Waals surface area contributed by atoms with Gasteiger partial charge in [-0.05, 0) is 51.4 Å². The number of Topliss-reactive ketones (excluding diaryl/α,β-unsaturated/α-hetero) is 1. The highest BCUT2D eigenvalue weighted by molar-refractivity contribution is 5.89. The Balaban J connectivity index is 4.57. The highest BCUT2D eigenvalue weighted by Gasteiger charge is 2.24. The first kappa shape index (κ1) is 50.5. The van der Waals surface area contributed by atoms with Crippen LogP contribution in [0.2, 0.25) is 0 Å². The smallest absolute Gasteiger partial charge is 0.241 e. The molecule has 0 fully saturated rings. The second-order valence-corrected chi connectivity index (χ2v) is 15.3. The van der Waals surface area contributed by atoms with Crippen molar-refractivity contribution < 1.29 is 14.4 Å². The summed E-state index contributed by atoms with van der Waals surface area (Å²) in [4.78, 5) is 40.6. The van der Waals surface area contributed by atoms with Gasteiger partial charge in [0.05, 0.1) is 12.6 Å². The fourth-order valence-electron chi connectivity index (χ4n) is 6.61. The molecule has 0 bridgehead atoms. The van der Waals surface area contributed by atoms with E-state index in [-0.39, 0.29) is 36.6 Å². The summed E-state index contributed by atoms with van der Waals surface area (Å²) in [7, 11) is 0. The van der Waals surface area contributed by atoms with E-state index in [1.54, 1.807) is 4.90 Å². The van der Waals surface area contributed by atoms with E-state index in [0.29, 0.717) is 32.4 Å². The molecule has 0 saturated heterocycles. The number of amides is 2. The number of hydrogen-bond donors (Lipinski definition) is 6. The minimum absolute atomic E-state index is 0.0338. The number of nitrogens with two attached hydrogens (primary N) is 3. The van der Waals surface area contributed by atoms with Crippen LogP contribution in [0.3, 0.4) is 0 Å². The molecule has 0 rings (SSSR count). The van der Waals surface area contributed by atoms with E-state index in [4.69, 9.17) is 22.6 Å². The molecule has 2 unspecified atom stereocenters. The molecule has 10 nitrogen and oxygen atoms in total. The van der Waals surface area contributed by atoms with Crippen molar-refractivity contribution in [3.8, 4) is 0 Å². The maximum Gasteiger partial charge on any atom is 0.241 e. The molecule has 0 heterocycles. The Morgan fingerprint density at radius 2 is 1.06 bits per heavy atom. The predicted molar refractivity (Wildman–Crippen MR) is 225 cm³/mol. The molecule has 0 aliphatic rings. The van der Waals surface area contributed by atoms with E-state index in [9.17, 15) is 14.4 Å². The highest BCUT2D eigenvalue weighted by Crippen LogP contribution is 2.14. The molecule has 9 N–H and O–H groups in total. The minimum Gasteiger partial charge on any atom is -0.370 e. The third kappa shape index (κ3) is 33.8. The van der Waals surface area contributed by atoms with Crippen LogP contribution in [0.1, 0.15) is 200 Å². The molecule has 0 aromatic rings. The normalized spacial score (nSPS) is 12.5. The van der Waals surface area contributed by atoms with Gasteiger partial charge in [0.25, 0.3) is 0 Å². The van der Waals surface area contributed by atoms with Gasteiger partial charge in [-0.25, -0.2) is 0 Å². The van der Waals surface area contributed by atoms with Crippen LogP contribution in [0.25, 0.3) is 0 Å². The molecular weight excluding hydrogens is 663 g/mol. The number of nitrogens with one attached hydrogen (secondary N) is 3. The van der Waals surface area contributed by atoms with Crippen LogP contribution in [0, 0.1) is 5.41 Å². The van der Waals surface area contributed by atoms with Gasteiger partial charge >= 0.3 is 0 Å². The zero-order chi connectivity index (χ0) is 39.2. The minimum atomic E-state index is -0.945. The number of nitrogens with zero attached hydrogens (tertiary/aromatic N) is 1. The van der Waals surface area contributed by atoms with Gasteiger partial charge in [0.1, 0.15) is 6.04 Å². The molecule has 0 aliphatic carbocycles. The Hall–Kier alpha value is -2.46. The average Bonchev–Trinajstić information content (AvgIpc) is 3.14. The van der Waals surface area contributed by atoms with Crippen LogP contribution in [0.15, 0.2) is 12.2 Å². The summed E-state index contributed by atoms with van der Waals surface area (Å²) in [5.74, 6) is -0.735. The number of carbonyl (C=O) groups is 3. The summed E-state index contributed by atoms with van der Waals surface area (Å²) < 4.78 is 0. The Morgan fingerprint density at radius 1 is 0.604 bits per heavy atom. The fourth-order valence-corrected chi connectivity index (χ4v) is 6.61. The average molecular weight is 748 g/mol. The van der Waals surface area contributed by atoms with E-state index < -0.39 is 12.1 Å². The largest absolute Gasteiger partial charge is 0.370 e. The van der Waals surface area contributed by atoms with E-state index in [1.165, 1.54) is 116 Å². The van der Waals surface area contributed by atoms with Crippen LogP contribution >= 0.6 is 0 Å². The summed E-state index contributed by atoms with van der Waals surface area (Å²) in [6.45, 7) is 5.50. The van der Waals surface area contributed by atoms with Gasteiger partial charge in [-0.2, -0.15) is 0 Å². The number of allylic oxidation sites excluding steroid dienone is 2. The maximum atomic E-state index is 13.4. The summed E-state index contributed by atoms with van der Waals surface area (Å²) in [6, 6.07) is -1.69. The van der Waals surface area contributed by atoms with Gasteiger partial charge in [0, 0.05) is 26.1 Å². The van der Waals surface area contributed by atoms with Gasteiger partial charge in [-0.3, -0.25) is 19.8 Å². The first-order valence-electron chi connectivity index (χ1n) is 22.0. The van der Waals surface area contributed by atoms with Gasteiger partial charge in [-0.1, -0.05) is 154 Å². The number of carbonyl (C=O) groups excluding carboxylic acids is 3. The molecule has 0 aliphatic heterocycles. The van der Waals surface area contributed by atoms with Crippen molar-refractivity contribution in [2.75, 3.05) is 26.2 Å². The van der Waals surface area contributed by atoms with E-state index in [2.05, 4.69) is 36.6 Å². The van der Waals surface area contributed by atoms with Crippen LogP contribution < -0.4 is 27.8 Å². The van der Waals surface area contributed by atoms with Crippen LogP contribution in [-0.4, -0.2) is 66.7 Å². The first-order chi connectivity index (χ1) is 25.7. The van der Waals surface area contributed by atoms with Crippen molar-refractivity contribution in [1.29, 1.82) is 5.41 Å². The van der Waals surface area contributed by atoms with Gasteiger partial charge in [-0.15, -0.1) is 0 Å². The standard InChI is InChI=1S/C43H85N7O3/c1-3-5-7-9-11-13-15-17-19-21-23-25-27-29-32-38(51)37-50(35-30-28-26-24-22-20-18-16-14-12-10-8-6-4-2)42(53)40(45)36-49-41(52)39(44)33-31-34-48-43(46)47/h17,19,39-40H,3-16,18,20-37,44-45H2,1-2H3,(H,49,52)(H4,46,47,48)/b19-17-. The highest BCUT2D eigenvalue weighted by atomic mass is 16.2. The fraction of sp³-hybridized carbons (Fsp3) is 0.860. The zero-order valence-corrected chi connectivity index (χ0v) is 34.5. The van der Waals surface area contributed by atoms with Crippen molar-refractivity contribution >= 4 is 23.6 Å². The molecule has 0 aromatic carbocycles. The quantitative estimate of drug-likeness (QED) is 0.0158. The van der Waals surface area contributed by atoms with Crippen LogP contribution in [-0.2, 0) is 14.4 Å². The first-order valence-corrected chi connectivity index (χ1v) is 22.0. The lowest BCUT2D eigenvalue weighted by Gasteiger charge is -2.26. The lowest BCUT2D eigenvalue weighted by atomic mass is 10.0. The second kappa shape index (κ2) is 37.8. The molecule has 2 atom stereocenters. The molecule has 0 aromatic heterocycles. The summed E-state index contributed by atoms with van der Waals surface area (Å²) >= 11 is 0. The molecule has 0 radical (unpaired) electrons. The van der Waals surface area contributed by atoms with Crippen molar-refractivity contribution in [2.45, 2.75) is 212 Å². The third-order valence-corrected chi connectivity index (χ3v) is 10.1. The number of rotatable bonds is 39. The van der Waals surface area contributed by atoms with E-state index >= 15 is 0 Å². The van der Waals surface area contributed by atoms with Gasteiger partial charge in [0.2, 0.25) is 11.8 Å². The maximum absolute atomic E-state index is 13.4. The number of hydrogen-bond acceptors (Lipinski definition) is 6. The number of unbranched alkanes of at least 4 members (excludes halogenated alkanes) is 23. The lowest BCUT2D eigenvalue weighted by Crippen LogP contribution is -2.53. The summed E-state index contributed by atoms with van der Waals surface area (Å²) in [5, 5.41) is 12.6. The van der Waals surface area contributed by atoms with Crippen LogP contribution in [0.5, 0.6) is 0 Å². The van der Waals surface area contributed by atoms with Crippen molar-refractivity contribution in [1.82, 2.24) is 15.5 Å². The predicted octanol–water partition coefficient (Wildman–Crippen LogP) is 8.55. The Kier molecular flexibility index (Phi) is 36.1. The SMILES string of the molecule is CCCCCCCC/C=C\CCCCCCC(=O)CN(CCCCCCCCCCCCCCCC)C(=O)C(N)CNC(=O)C(N)CCCNC(=N)N. The second-order valence-electron chi connectivity index (χ2n) is 15.3. The lowest BCUT2D eigenvalue weighted by molar-refractivity contribution is -0.136. The topological polar surface area (TPSA) is 180 Å².